The zero-order chi connectivity index (χ0) is 13.8. The van der Waals surface area contributed by atoms with Gasteiger partial charge < -0.3 is 10.3 Å². The van der Waals surface area contributed by atoms with Crippen molar-refractivity contribution in [2.75, 3.05) is 6.54 Å². The quantitative estimate of drug-likeness (QED) is 0.631. The fraction of sp³-hybridized carbons (Fsp3) is 0.231. The minimum atomic E-state index is -0.105. The lowest BCUT2D eigenvalue weighted by Crippen LogP contribution is -2.27. The Hall–Kier alpha value is -2.70. The zero-order valence-electron chi connectivity index (χ0n) is 10.8. The second kappa shape index (κ2) is 5.52. The Morgan fingerprint density at radius 2 is 2.20 bits per heavy atom. The number of fused-ring (bicyclic) bond motifs is 1. The van der Waals surface area contributed by atoms with E-state index in [-0.39, 0.29) is 12.3 Å². The first kappa shape index (κ1) is 12.3. The maximum absolute atomic E-state index is 11.7. The number of aromatic amines is 2. The maximum Gasteiger partial charge on any atom is 0.227 e. The number of nitrogens with one attached hydrogen (secondary N) is 3. The van der Waals surface area contributed by atoms with Crippen molar-refractivity contribution < 1.29 is 4.79 Å². The minimum absolute atomic E-state index is 0.105. The van der Waals surface area contributed by atoms with E-state index in [0.717, 1.165) is 11.9 Å². The SMILES string of the molecule is O=C(Cc1nn[nH]n1)NCCc1c[nH]c2ccccc12. The number of hydrogen-bond acceptors (Lipinski definition) is 4. The average Bonchev–Trinajstić information content (AvgIpc) is 3.09. The summed E-state index contributed by atoms with van der Waals surface area (Å²) in [6.07, 6.45) is 2.91. The molecule has 102 valence electrons. The van der Waals surface area contributed by atoms with Gasteiger partial charge in [0.15, 0.2) is 5.82 Å². The van der Waals surface area contributed by atoms with Gasteiger partial charge in [-0.05, 0) is 18.1 Å². The smallest absolute Gasteiger partial charge is 0.227 e. The van der Waals surface area contributed by atoms with Gasteiger partial charge in [0.25, 0.3) is 0 Å². The summed E-state index contributed by atoms with van der Waals surface area (Å²) in [7, 11) is 0. The van der Waals surface area contributed by atoms with Gasteiger partial charge in [0.05, 0.1) is 6.42 Å². The molecule has 0 saturated carbocycles. The molecule has 0 spiro atoms. The van der Waals surface area contributed by atoms with Crippen LogP contribution in [0.25, 0.3) is 10.9 Å². The molecule has 0 unspecified atom stereocenters. The minimum Gasteiger partial charge on any atom is -0.361 e. The van der Waals surface area contributed by atoms with Gasteiger partial charge in [0.1, 0.15) is 0 Å². The summed E-state index contributed by atoms with van der Waals surface area (Å²) in [6, 6.07) is 8.11. The molecular weight excluding hydrogens is 256 g/mol. The van der Waals surface area contributed by atoms with Crippen LogP contribution in [-0.2, 0) is 17.6 Å². The van der Waals surface area contributed by atoms with E-state index >= 15 is 0 Å². The second-order valence-electron chi connectivity index (χ2n) is 4.46. The van der Waals surface area contributed by atoms with Crippen molar-refractivity contribution in [1.82, 2.24) is 30.9 Å². The summed E-state index contributed by atoms with van der Waals surface area (Å²) < 4.78 is 0. The van der Waals surface area contributed by atoms with Crippen LogP contribution in [0.5, 0.6) is 0 Å². The lowest BCUT2D eigenvalue weighted by molar-refractivity contribution is -0.120. The summed E-state index contributed by atoms with van der Waals surface area (Å²) in [5.41, 5.74) is 2.31. The van der Waals surface area contributed by atoms with Crippen LogP contribution in [0.4, 0.5) is 0 Å². The molecule has 0 fully saturated rings. The predicted molar refractivity (Wildman–Crippen MR) is 72.9 cm³/mol. The van der Waals surface area contributed by atoms with Gasteiger partial charge in [-0.15, -0.1) is 10.2 Å². The molecule has 3 aromatic rings. The predicted octanol–water partition coefficient (Wildman–Crippen LogP) is 0.582. The second-order valence-corrected chi connectivity index (χ2v) is 4.46. The molecule has 0 aliphatic heterocycles. The molecule has 7 nitrogen and oxygen atoms in total. The summed E-state index contributed by atoms with van der Waals surface area (Å²) in [5.74, 6) is 0.292. The number of H-pyrrole nitrogens is 2. The number of nitrogens with zero attached hydrogens (tertiary/aromatic N) is 3. The first-order valence-electron chi connectivity index (χ1n) is 6.37. The Balaban J connectivity index is 1.53. The van der Waals surface area contributed by atoms with Crippen molar-refractivity contribution in [2.45, 2.75) is 12.8 Å². The van der Waals surface area contributed by atoms with Gasteiger partial charge in [0, 0.05) is 23.6 Å². The number of carbonyl (C=O) groups is 1. The van der Waals surface area contributed by atoms with Crippen molar-refractivity contribution in [3.05, 3.63) is 41.9 Å². The number of rotatable bonds is 5. The summed E-state index contributed by atoms with van der Waals surface area (Å²) in [5, 5.41) is 17.3. The van der Waals surface area contributed by atoms with E-state index in [1.807, 2.05) is 24.4 Å². The standard InChI is InChI=1S/C13H14N6O/c20-13(7-12-16-18-19-17-12)14-6-5-9-8-15-11-4-2-1-3-10(9)11/h1-4,8,15H,5-7H2,(H,14,20)(H,16,17,18,19). The molecule has 7 heteroatoms. The van der Waals surface area contributed by atoms with Gasteiger partial charge in [-0.25, -0.2) is 0 Å². The van der Waals surface area contributed by atoms with Crippen LogP contribution < -0.4 is 5.32 Å². The van der Waals surface area contributed by atoms with Crippen LogP contribution in [0, 0.1) is 0 Å². The Morgan fingerprint density at radius 3 is 3.05 bits per heavy atom. The lowest BCUT2D eigenvalue weighted by Gasteiger charge is -2.03. The molecule has 2 heterocycles. The molecule has 0 aliphatic rings. The molecule has 0 radical (unpaired) electrons. The average molecular weight is 270 g/mol. The number of amides is 1. The summed E-state index contributed by atoms with van der Waals surface area (Å²) in [4.78, 5) is 14.9. The molecule has 0 aliphatic carbocycles. The maximum atomic E-state index is 11.7. The van der Waals surface area contributed by atoms with E-state index in [9.17, 15) is 4.79 Å². The third-order valence-corrected chi connectivity index (χ3v) is 3.10. The van der Waals surface area contributed by atoms with Crippen LogP contribution in [-0.4, -0.2) is 38.1 Å². The first-order valence-corrected chi connectivity index (χ1v) is 6.37. The number of aromatic nitrogens is 5. The summed E-state index contributed by atoms with van der Waals surface area (Å²) >= 11 is 0. The Kier molecular flexibility index (Phi) is 3.40. The third-order valence-electron chi connectivity index (χ3n) is 3.10. The molecule has 0 saturated heterocycles. The largest absolute Gasteiger partial charge is 0.361 e. The fourth-order valence-electron chi connectivity index (χ4n) is 2.14. The van der Waals surface area contributed by atoms with E-state index in [1.165, 1.54) is 10.9 Å². The fourth-order valence-corrected chi connectivity index (χ4v) is 2.14. The third kappa shape index (κ3) is 2.66. The van der Waals surface area contributed by atoms with E-state index in [4.69, 9.17) is 0 Å². The summed E-state index contributed by atoms with van der Waals surface area (Å²) in [6.45, 7) is 0.582. The van der Waals surface area contributed by atoms with Crippen molar-refractivity contribution in [3.8, 4) is 0 Å². The molecule has 3 N–H and O–H groups in total. The number of tetrazole rings is 1. The van der Waals surface area contributed by atoms with E-state index < -0.39 is 0 Å². The number of carbonyl (C=O) groups excluding carboxylic acids is 1. The highest BCUT2D eigenvalue weighted by Crippen LogP contribution is 2.17. The van der Waals surface area contributed by atoms with E-state index in [2.05, 4.69) is 37.0 Å². The molecule has 0 atom stereocenters. The highest BCUT2D eigenvalue weighted by molar-refractivity contribution is 5.83. The number of hydrogen-bond donors (Lipinski definition) is 3. The first-order chi connectivity index (χ1) is 9.83. The number of benzene rings is 1. The van der Waals surface area contributed by atoms with Crippen LogP contribution in [0.2, 0.25) is 0 Å². The highest BCUT2D eigenvalue weighted by Gasteiger charge is 2.07. The molecule has 20 heavy (non-hydrogen) atoms. The molecule has 2 aromatic heterocycles. The van der Waals surface area contributed by atoms with E-state index in [0.29, 0.717) is 12.4 Å². The van der Waals surface area contributed by atoms with Crippen LogP contribution in [0.15, 0.2) is 30.5 Å². The highest BCUT2D eigenvalue weighted by atomic mass is 16.1. The molecular formula is C13H14N6O. The molecule has 3 rings (SSSR count). The molecule has 1 amide bonds. The monoisotopic (exact) mass is 270 g/mol. The van der Waals surface area contributed by atoms with Gasteiger partial charge in [-0.2, -0.15) is 5.21 Å². The Bertz CT molecular complexity index is 703. The molecule has 0 bridgehead atoms. The topological polar surface area (TPSA) is 99.3 Å². The van der Waals surface area contributed by atoms with Crippen molar-refractivity contribution >= 4 is 16.8 Å². The van der Waals surface area contributed by atoms with Crippen molar-refractivity contribution in [1.29, 1.82) is 0 Å². The van der Waals surface area contributed by atoms with Gasteiger partial charge in [-0.3, -0.25) is 4.79 Å². The molecule has 1 aromatic carbocycles. The number of para-hydroxylation sites is 1. The van der Waals surface area contributed by atoms with Crippen molar-refractivity contribution in [2.24, 2.45) is 0 Å². The van der Waals surface area contributed by atoms with Crippen LogP contribution >= 0.6 is 0 Å². The van der Waals surface area contributed by atoms with Gasteiger partial charge in [0.2, 0.25) is 5.91 Å². The lowest BCUT2D eigenvalue weighted by atomic mass is 10.1. The zero-order valence-corrected chi connectivity index (χ0v) is 10.8. The normalized spacial score (nSPS) is 10.8. The Morgan fingerprint density at radius 1 is 1.30 bits per heavy atom. The Labute approximate surface area is 114 Å². The van der Waals surface area contributed by atoms with Gasteiger partial charge in [-0.1, -0.05) is 23.4 Å². The van der Waals surface area contributed by atoms with Crippen molar-refractivity contribution in [3.63, 3.8) is 0 Å². The van der Waals surface area contributed by atoms with E-state index in [1.54, 1.807) is 0 Å². The van der Waals surface area contributed by atoms with Crippen LogP contribution in [0.1, 0.15) is 11.4 Å². The van der Waals surface area contributed by atoms with Crippen LogP contribution in [0.3, 0.4) is 0 Å². The van der Waals surface area contributed by atoms with Gasteiger partial charge >= 0.3 is 0 Å².